The first-order valence-electron chi connectivity index (χ1n) is 7.60. The summed E-state index contributed by atoms with van der Waals surface area (Å²) < 4.78 is 3.39. The molecule has 2 aromatic heterocycles. The van der Waals surface area contributed by atoms with Gasteiger partial charge in [0, 0.05) is 31.8 Å². The fourth-order valence-corrected chi connectivity index (χ4v) is 2.41. The van der Waals surface area contributed by atoms with Gasteiger partial charge >= 0.3 is 0 Å². The second-order valence-electron chi connectivity index (χ2n) is 6.66. The van der Waals surface area contributed by atoms with Crippen molar-refractivity contribution in [3.63, 3.8) is 0 Å². The quantitative estimate of drug-likeness (QED) is 0.944. The molecule has 0 radical (unpaired) electrons. The average molecular weight is 303 g/mol. The Morgan fingerprint density at radius 2 is 1.95 bits per heavy atom. The zero-order valence-electron chi connectivity index (χ0n) is 14.3. The Morgan fingerprint density at radius 1 is 1.27 bits per heavy atom. The van der Waals surface area contributed by atoms with Crippen molar-refractivity contribution in [2.75, 3.05) is 5.32 Å². The molecule has 0 unspecified atom stereocenters. The van der Waals surface area contributed by atoms with Crippen LogP contribution in [0.3, 0.4) is 0 Å². The summed E-state index contributed by atoms with van der Waals surface area (Å²) in [5.41, 5.74) is 2.20. The number of hydrogen-bond acceptors (Lipinski definition) is 3. The van der Waals surface area contributed by atoms with E-state index >= 15 is 0 Å². The molecule has 0 atom stereocenters. The number of amides is 1. The summed E-state index contributed by atoms with van der Waals surface area (Å²) in [6.45, 7) is 8.26. The fraction of sp³-hybridized carbons (Fsp3) is 0.562. The van der Waals surface area contributed by atoms with E-state index in [4.69, 9.17) is 0 Å². The lowest BCUT2D eigenvalue weighted by molar-refractivity contribution is 0.102. The van der Waals surface area contributed by atoms with Gasteiger partial charge in [-0.15, -0.1) is 0 Å². The maximum absolute atomic E-state index is 12.6. The topological polar surface area (TPSA) is 64.7 Å². The molecule has 2 heterocycles. The number of nitrogens with one attached hydrogen (secondary N) is 1. The summed E-state index contributed by atoms with van der Waals surface area (Å²) in [5.74, 6) is 0.557. The minimum Gasteiger partial charge on any atom is -0.307 e. The van der Waals surface area contributed by atoms with Crippen LogP contribution in [-0.2, 0) is 25.9 Å². The van der Waals surface area contributed by atoms with Crippen LogP contribution in [0.1, 0.15) is 55.9 Å². The highest BCUT2D eigenvalue weighted by Crippen LogP contribution is 2.25. The minimum absolute atomic E-state index is 0.149. The van der Waals surface area contributed by atoms with E-state index in [1.54, 1.807) is 15.6 Å². The molecule has 1 N–H and O–H groups in total. The number of carbonyl (C=O) groups is 1. The van der Waals surface area contributed by atoms with Gasteiger partial charge < -0.3 is 5.32 Å². The van der Waals surface area contributed by atoms with Gasteiger partial charge in [-0.3, -0.25) is 14.2 Å². The van der Waals surface area contributed by atoms with Crippen LogP contribution < -0.4 is 5.32 Å². The van der Waals surface area contributed by atoms with E-state index in [0.29, 0.717) is 11.4 Å². The first kappa shape index (κ1) is 16.3. The lowest BCUT2D eigenvalue weighted by Crippen LogP contribution is -2.21. The molecule has 0 aliphatic rings. The maximum Gasteiger partial charge on any atom is 0.260 e. The molecule has 0 aliphatic carbocycles. The number of aryl methyl sites for hydroxylation is 3. The largest absolute Gasteiger partial charge is 0.307 e. The van der Waals surface area contributed by atoms with Gasteiger partial charge in [-0.05, 0) is 6.42 Å². The van der Waals surface area contributed by atoms with Crippen LogP contribution in [0.5, 0.6) is 0 Å². The predicted octanol–water partition coefficient (Wildman–Crippen LogP) is 2.66. The Kier molecular flexibility index (Phi) is 4.39. The van der Waals surface area contributed by atoms with Crippen molar-refractivity contribution in [3.05, 3.63) is 29.2 Å². The van der Waals surface area contributed by atoms with Gasteiger partial charge in [-0.25, -0.2) is 0 Å². The van der Waals surface area contributed by atoms with E-state index in [0.717, 1.165) is 24.2 Å². The maximum atomic E-state index is 12.6. The van der Waals surface area contributed by atoms with Crippen LogP contribution in [0, 0.1) is 0 Å². The molecule has 0 aliphatic heterocycles. The van der Waals surface area contributed by atoms with Crippen molar-refractivity contribution in [1.29, 1.82) is 0 Å². The van der Waals surface area contributed by atoms with Gasteiger partial charge in [0.25, 0.3) is 5.91 Å². The smallest absolute Gasteiger partial charge is 0.260 e. The third-order valence-corrected chi connectivity index (χ3v) is 3.46. The molecule has 0 aromatic carbocycles. The molecule has 0 spiro atoms. The molecule has 6 nitrogen and oxygen atoms in total. The number of carbonyl (C=O) groups excluding carboxylic acids is 1. The van der Waals surface area contributed by atoms with Crippen molar-refractivity contribution >= 4 is 11.7 Å². The highest BCUT2D eigenvalue weighted by Gasteiger charge is 2.26. The van der Waals surface area contributed by atoms with Crippen molar-refractivity contribution in [2.45, 2.75) is 46.0 Å². The molecule has 0 bridgehead atoms. The van der Waals surface area contributed by atoms with Crippen molar-refractivity contribution < 1.29 is 4.79 Å². The zero-order valence-corrected chi connectivity index (χ0v) is 14.3. The van der Waals surface area contributed by atoms with Crippen LogP contribution in [0.25, 0.3) is 0 Å². The molecule has 1 amide bonds. The normalized spacial score (nSPS) is 11.7. The number of nitrogens with zero attached hydrogens (tertiary/aromatic N) is 4. The molecular weight excluding hydrogens is 278 g/mol. The van der Waals surface area contributed by atoms with Crippen LogP contribution >= 0.6 is 0 Å². The van der Waals surface area contributed by atoms with E-state index in [2.05, 4.69) is 43.2 Å². The van der Waals surface area contributed by atoms with Crippen molar-refractivity contribution in [3.8, 4) is 0 Å². The van der Waals surface area contributed by atoms with Crippen LogP contribution in [-0.4, -0.2) is 25.5 Å². The molecule has 2 aromatic rings. The van der Waals surface area contributed by atoms with Gasteiger partial charge in [0.1, 0.15) is 5.82 Å². The molecule has 22 heavy (non-hydrogen) atoms. The van der Waals surface area contributed by atoms with Gasteiger partial charge in [0.2, 0.25) is 0 Å². The zero-order chi connectivity index (χ0) is 16.5. The van der Waals surface area contributed by atoms with Crippen LogP contribution in [0.2, 0.25) is 0 Å². The fourth-order valence-electron chi connectivity index (χ4n) is 2.41. The average Bonchev–Trinajstić information content (AvgIpc) is 2.94. The standard InChI is InChI=1S/C16H25N5O/c1-7-8-11-9-13(21(6)18-11)17-15(22)12-10-20(5)19-14(12)16(2,3)4/h9-10H,7-8H2,1-6H3,(H,17,22). The minimum atomic E-state index is -0.187. The number of aromatic nitrogens is 4. The molecule has 120 valence electrons. The van der Waals surface area contributed by atoms with Crippen molar-refractivity contribution in [1.82, 2.24) is 19.6 Å². The predicted molar refractivity (Wildman–Crippen MR) is 87.1 cm³/mol. The van der Waals surface area contributed by atoms with Gasteiger partial charge in [-0.1, -0.05) is 34.1 Å². The van der Waals surface area contributed by atoms with Crippen LogP contribution in [0.15, 0.2) is 12.3 Å². The molecular formula is C16H25N5O. The van der Waals surface area contributed by atoms with Crippen LogP contribution in [0.4, 0.5) is 5.82 Å². The third kappa shape index (κ3) is 3.37. The first-order valence-corrected chi connectivity index (χ1v) is 7.60. The molecule has 0 saturated carbocycles. The molecule has 0 saturated heterocycles. The summed E-state index contributed by atoms with van der Waals surface area (Å²) in [7, 11) is 3.66. The SMILES string of the molecule is CCCc1cc(NC(=O)c2cn(C)nc2C(C)(C)C)n(C)n1. The second-order valence-corrected chi connectivity index (χ2v) is 6.66. The summed E-state index contributed by atoms with van der Waals surface area (Å²) in [4.78, 5) is 12.6. The monoisotopic (exact) mass is 303 g/mol. The highest BCUT2D eigenvalue weighted by molar-refractivity contribution is 6.04. The Hall–Kier alpha value is -2.11. The van der Waals surface area contributed by atoms with E-state index in [1.165, 1.54) is 0 Å². The number of hydrogen-bond donors (Lipinski definition) is 1. The summed E-state index contributed by atoms with van der Waals surface area (Å²) in [6.07, 6.45) is 3.70. The van der Waals surface area contributed by atoms with Crippen molar-refractivity contribution in [2.24, 2.45) is 14.1 Å². The highest BCUT2D eigenvalue weighted by atomic mass is 16.1. The summed E-state index contributed by atoms with van der Waals surface area (Å²) >= 11 is 0. The third-order valence-electron chi connectivity index (χ3n) is 3.46. The molecule has 2 rings (SSSR count). The van der Waals surface area contributed by atoms with E-state index in [9.17, 15) is 4.79 Å². The van der Waals surface area contributed by atoms with E-state index < -0.39 is 0 Å². The van der Waals surface area contributed by atoms with Gasteiger partial charge in [0.15, 0.2) is 0 Å². The van der Waals surface area contributed by atoms with Gasteiger partial charge in [-0.2, -0.15) is 10.2 Å². The molecule has 0 fully saturated rings. The number of rotatable bonds is 4. The Morgan fingerprint density at radius 3 is 2.55 bits per heavy atom. The van der Waals surface area contributed by atoms with E-state index in [-0.39, 0.29) is 11.3 Å². The summed E-state index contributed by atoms with van der Waals surface area (Å²) in [6, 6.07) is 1.93. The lowest BCUT2D eigenvalue weighted by Gasteiger charge is -2.17. The first-order chi connectivity index (χ1) is 10.2. The Bertz CT molecular complexity index is 675. The van der Waals surface area contributed by atoms with Gasteiger partial charge in [0.05, 0.1) is 17.0 Å². The number of anilines is 1. The summed E-state index contributed by atoms with van der Waals surface area (Å²) in [5, 5.41) is 11.8. The Labute approximate surface area is 131 Å². The Balaban J connectivity index is 2.26. The second kappa shape index (κ2) is 5.94. The molecule has 6 heteroatoms. The lowest BCUT2D eigenvalue weighted by atomic mass is 9.89. The van der Waals surface area contributed by atoms with E-state index in [1.807, 2.05) is 20.2 Å².